The first-order valence-corrected chi connectivity index (χ1v) is 11.2. The van der Waals surface area contributed by atoms with Crippen LogP contribution in [0.4, 0.5) is 0 Å². The summed E-state index contributed by atoms with van der Waals surface area (Å²) in [5, 5.41) is 0. The van der Waals surface area contributed by atoms with Crippen molar-refractivity contribution in [1.82, 2.24) is 0 Å². The number of hydrogen-bond acceptors (Lipinski definition) is 5. The van der Waals surface area contributed by atoms with Crippen LogP contribution in [0.25, 0.3) is 0 Å². The van der Waals surface area contributed by atoms with Gasteiger partial charge in [0.05, 0.1) is 6.61 Å². The van der Waals surface area contributed by atoms with Gasteiger partial charge < -0.3 is 14.2 Å². The van der Waals surface area contributed by atoms with E-state index in [4.69, 9.17) is 14.2 Å². The van der Waals surface area contributed by atoms with Crippen LogP contribution in [0.2, 0.25) is 0 Å². The van der Waals surface area contributed by atoms with Crippen LogP contribution in [0, 0.1) is 0 Å². The molecular weight excluding hydrogens is 368 g/mol. The largest absolute Gasteiger partial charge is 0.491 e. The highest BCUT2D eigenvalue weighted by Gasteiger charge is 2.40. The molecule has 0 saturated heterocycles. The predicted molar refractivity (Wildman–Crippen MR) is 106 cm³/mol. The minimum absolute atomic E-state index is 0.228. The van der Waals surface area contributed by atoms with Crippen LogP contribution < -0.4 is 4.74 Å². The Bertz CT molecular complexity index is 604. The fraction of sp³-hybridized carbons (Fsp3) is 0.700. The summed E-state index contributed by atoms with van der Waals surface area (Å²) in [6, 6.07) is 9.34. The lowest BCUT2D eigenvalue weighted by Crippen LogP contribution is -2.41. The van der Waals surface area contributed by atoms with Gasteiger partial charge in [0.1, 0.15) is 12.4 Å². The third-order valence-electron chi connectivity index (χ3n) is 4.39. The molecule has 156 valence electrons. The van der Waals surface area contributed by atoms with Crippen LogP contribution in [0.1, 0.15) is 65.7 Å². The van der Waals surface area contributed by atoms with Gasteiger partial charge in [-0.1, -0.05) is 57.2 Å². The van der Waals surface area contributed by atoms with Gasteiger partial charge in [-0.05, 0) is 38.8 Å². The predicted octanol–water partition coefficient (Wildman–Crippen LogP) is 4.80. The van der Waals surface area contributed by atoms with Gasteiger partial charge in [0.2, 0.25) is 0 Å². The molecule has 0 bridgehead atoms. The third kappa shape index (κ3) is 9.55. The maximum absolute atomic E-state index is 11.8. The Morgan fingerprint density at radius 3 is 2.30 bits per heavy atom. The molecule has 7 heteroatoms. The zero-order valence-corrected chi connectivity index (χ0v) is 17.5. The minimum Gasteiger partial charge on any atom is -0.491 e. The number of ether oxygens (including phenoxy) is 3. The smallest absolute Gasteiger partial charge is 0.295 e. The fourth-order valence-electron chi connectivity index (χ4n) is 2.75. The van der Waals surface area contributed by atoms with E-state index in [2.05, 4.69) is 6.92 Å². The molecule has 1 aromatic rings. The summed E-state index contributed by atoms with van der Waals surface area (Å²) in [6.07, 6.45) is 5.57. The van der Waals surface area contributed by atoms with Crippen molar-refractivity contribution in [2.45, 2.75) is 76.9 Å². The topological polar surface area (TPSA) is 82.1 Å². The van der Waals surface area contributed by atoms with Crippen molar-refractivity contribution in [3.05, 3.63) is 30.3 Å². The maximum Gasteiger partial charge on any atom is 0.295 e. The highest BCUT2D eigenvalue weighted by atomic mass is 32.2. The van der Waals surface area contributed by atoms with Crippen LogP contribution in [0.15, 0.2) is 30.3 Å². The average molecular weight is 403 g/mol. The summed E-state index contributed by atoms with van der Waals surface area (Å²) in [4.78, 5) is -1.67. The molecule has 2 atom stereocenters. The van der Waals surface area contributed by atoms with Gasteiger partial charge in [0.25, 0.3) is 10.1 Å². The van der Waals surface area contributed by atoms with Crippen molar-refractivity contribution in [3.8, 4) is 5.75 Å². The van der Waals surface area contributed by atoms with Crippen molar-refractivity contribution in [2.24, 2.45) is 0 Å². The Kier molecular flexibility index (Phi) is 10.9. The molecule has 0 saturated carbocycles. The molecule has 0 fully saturated rings. The summed E-state index contributed by atoms with van der Waals surface area (Å²) in [5.74, 6) is 0.737. The quantitative estimate of drug-likeness (QED) is 0.258. The molecule has 0 aliphatic rings. The molecule has 0 amide bonds. The van der Waals surface area contributed by atoms with E-state index in [1.807, 2.05) is 30.3 Å². The molecule has 6 nitrogen and oxygen atoms in total. The van der Waals surface area contributed by atoms with E-state index in [0.29, 0.717) is 13.0 Å². The van der Waals surface area contributed by atoms with Gasteiger partial charge in [-0.3, -0.25) is 4.55 Å². The lowest BCUT2D eigenvalue weighted by molar-refractivity contribution is -0.175. The van der Waals surface area contributed by atoms with Gasteiger partial charge in [-0.25, -0.2) is 0 Å². The second-order valence-electron chi connectivity index (χ2n) is 6.84. The molecule has 2 unspecified atom stereocenters. The molecule has 1 aromatic carbocycles. The summed E-state index contributed by atoms with van der Waals surface area (Å²) in [7, 11) is -4.36. The molecule has 0 spiro atoms. The van der Waals surface area contributed by atoms with Crippen molar-refractivity contribution < 1.29 is 27.2 Å². The third-order valence-corrected chi connectivity index (χ3v) is 5.78. The minimum atomic E-state index is -4.36. The lowest BCUT2D eigenvalue weighted by atomic mass is 10.1. The van der Waals surface area contributed by atoms with Crippen molar-refractivity contribution in [1.29, 1.82) is 0 Å². The molecule has 0 radical (unpaired) electrons. The molecular formula is C20H34O6S. The second kappa shape index (κ2) is 12.3. The Hall–Kier alpha value is -1.15. The number of benzene rings is 1. The number of rotatable bonds is 15. The first kappa shape index (κ1) is 23.9. The van der Waals surface area contributed by atoms with Crippen molar-refractivity contribution in [2.75, 3.05) is 13.2 Å². The van der Waals surface area contributed by atoms with E-state index in [9.17, 15) is 13.0 Å². The van der Waals surface area contributed by atoms with Crippen molar-refractivity contribution in [3.63, 3.8) is 0 Å². The monoisotopic (exact) mass is 402 g/mol. The standard InChI is InChI=1S/C20H34O6S/c1-4-5-6-7-8-12-15-20(3,27(21,22)23)26-18(2)24-16-17-25-19-13-10-9-11-14-19/h9-11,13-14,18H,4-8,12,15-17H2,1-3H3,(H,21,22,23). The zero-order chi connectivity index (χ0) is 20.2. The first-order valence-electron chi connectivity index (χ1n) is 9.73. The Balaban J connectivity index is 2.38. The number of unbranched alkanes of at least 4 members (excludes halogenated alkanes) is 5. The van der Waals surface area contributed by atoms with Crippen LogP contribution in [-0.2, 0) is 19.6 Å². The molecule has 27 heavy (non-hydrogen) atoms. The van der Waals surface area contributed by atoms with Crippen LogP contribution >= 0.6 is 0 Å². The van der Waals surface area contributed by atoms with Crippen LogP contribution in [0.5, 0.6) is 5.75 Å². The van der Waals surface area contributed by atoms with Crippen LogP contribution in [-0.4, -0.2) is 37.4 Å². The zero-order valence-electron chi connectivity index (χ0n) is 16.7. The van der Waals surface area contributed by atoms with Gasteiger partial charge >= 0.3 is 0 Å². The molecule has 1 rings (SSSR count). The summed E-state index contributed by atoms with van der Waals surface area (Å²) in [5.41, 5.74) is 0. The highest BCUT2D eigenvalue weighted by molar-refractivity contribution is 7.87. The normalized spacial score (nSPS) is 15.3. The maximum atomic E-state index is 11.8. The van der Waals surface area contributed by atoms with E-state index in [-0.39, 0.29) is 13.0 Å². The van der Waals surface area contributed by atoms with E-state index in [1.54, 1.807) is 6.92 Å². The molecule has 0 heterocycles. The first-order chi connectivity index (χ1) is 12.8. The van der Waals surface area contributed by atoms with Gasteiger partial charge in [0, 0.05) is 0 Å². The Morgan fingerprint density at radius 2 is 1.67 bits per heavy atom. The Morgan fingerprint density at radius 1 is 1.04 bits per heavy atom. The van der Waals surface area contributed by atoms with Crippen LogP contribution in [0.3, 0.4) is 0 Å². The van der Waals surface area contributed by atoms with Gasteiger partial charge in [-0.15, -0.1) is 0 Å². The number of para-hydroxylation sites is 1. The SMILES string of the molecule is CCCCCCCCC(C)(OC(C)OCCOc1ccccc1)S(=O)(=O)O. The lowest BCUT2D eigenvalue weighted by Gasteiger charge is -2.30. The van der Waals surface area contributed by atoms with Gasteiger partial charge in [0.15, 0.2) is 11.2 Å². The highest BCUT2D eigenvalue weighted by Crippen LogP contribution is 2.27. The summed E-state index contributed by atoms with van der Waals surface area (Å²) >= 11 is 0. The average Bonchev–Trinajstić information content (AvgIpc) is 2.61. The van der Waals surface area contributed by atoms with E-state index in [0.717, 1.165) is 31.4 Å². The second-order valence-corrected chi connectivity index (χ2v) is 8.66. The Labute approximate surface area is 164 Å². The molecule has 0 aliphatic heterocycles. The summed E-state index contributed by atoms with van der Waals surface area (Å²) in [6.45, 7) is 5.73. The molecule has 0 aliphatic carbocycles. The molecule has 1 N–H and O–H groups in total. The fourth-order valence-corrected chi connectivity index (χ4v) is 3.41. The number of hydrogen-bond donors (Lipinski definition) is 1. The van der Waals surface area contributed by atoms with Gasteiger partial charge in [-0.2, -0.15) is 8.42 Å². The van der Waals surface area contributed by atoms with E-state index in [1.165, 1.54) is 13.3 Å². The van der Waals surface area contributed by atoms with E-state index >= 15 is 0 Å². The van der Waals surface area contributed by atoms with Crippen molar-refractivity contribution >= 4 is 10.1 Å². The molecule has 0 aromatic heterocycles. The van der Waals surface area contributed by atoms with E-state index < -0.39 is 21.3 Å². The summed E-state index contributed by atoms with van der Waals surface area (Å²) < 4.78 is 49.8.